The lowest BCUT2D eigenvalue weighted by molar-refractivity contribution is 0.0963. The Morgan fingerprint density at radius 3 is 2.78 bits per heavy atom. The maximum Gasteiger partial charge on any atom is 0.275 e. The third-order valence-corrected chi connectivity index (χ3v) is 3.05. The number of amides is 1. The summed E-state index contributed by atoms with van der Waals surface area (Å²) in [6.45, 7) is 3.39. The van der Waals surface area contributed by atoms with Crippen molar-refractivity contribution in [2.45, 2.75) is 0 Å². The maximum atomic E-state index is 11.7. The standard InChI is InChI=1S/C13H9N3OS/c1-9(7-14)15-12(17)11-8-18-13(16-11)10-5-3-2-4-6-10/h2-6,8H,1H2,(H,15,17). The molecule has 0 unspecified atom stereocenters. The number of nitrogens with one attached hydrogen (secondary N) is 1. The first-order chi connectivity index (χ1) is 8.70. The van der Waals surface area contributed by atoms with Gasteiger partial charge in [0.2, 0.25) is 0 Å². The van der Waals surface area contributed by atoms with Crippen molar-refractivity contribution in [1.82, 2.24) is 10.3 Å². The second-order valence-corrected chi connectivity index (χ2v) is 4.31. The molecule has 0 atom stereocenters. The van der Waals surface area contributed by atoms with E-state index in [1.165, 1.54) is 11.3 Å². The molecule has 2 aromatic rings. The monoisotopic (exact) mass is 255 g/mol. The Balaban J connectivity index is 2.19. The topological polar surface area (TPSA) is 65.8 Å². The number of hydrogen-bond donors (Lipinski definition) is 1. The molecule has 0 spiro atoms. The number of carbonyl (C=O) groups is 1. The molecule has 0 aliphatic heterocycles. The Bertz CT molecular complexity index is 625. The summed E-state index contributed by atoms with van der Waals surface area (Å²) in [5, 5.41) is 13.3. The quantitative estimate of drug-likeness (QED) is 0.857. The first-order valence-electron chi connectivity index (χ1n) is 5.12. The van der Waals surface area contributed by atoms with Crippen LogP contribution in [0.5, 0.6) is 0 Å². The third-order valence-electron chi connectivity index (χ3n) is 2.16. The summed E-state index contributed by atoms with van der Waals surface area (Å²) in [6.07, 6.45) is 0. The molecule has 1 aromatic heterocycles. The fourth-order valence-corrected chi connectivity index (χ4v) is 2.13. The van der Waals surface area contributed by atoms with Gasteiger partial charge in [-0.1, -0.05) is 36.9 Å². The number of nitriles is 1. The summed E-state index contributed by atoms with van der Waals surface area (Å²) < 4.78 is 0. The van der Waals surface area contributed by atoms with Crippen LogP contribution in [0.15, 0.2) is 48.0 Å². The lowest BCUT2D eigenvalue weighted by atomic mass is 10.2. The Kier molecular flexibility index (Phi) is 3.51. The van der Waals surface area contributed by atoms with Crippen LogP contribution in [0.2, 0.25) is 0 Å². The summed E-state index contributed by atoms with van der Waals surface area (Å²) in [4.78, 5) is 15.9. The predicted octanol–water partition coefficient (Wildman–Crippen LogP) is 2.58. The molecular weight excluding hydrogens is 246 g/mol. The SMILES string of the molecule is C=C(C#N)NC(=O)c1csc(-c2ccccc2)n1. The van der Waals surface area contributed by atoms with E-state index in [9.17, 15) is 4.79 Å². The molecule has 0 radical (unpaired) electrons. The highest BCUT2D eigenvalue weighted by atomic mass is 32.1. The molecule has 1 N–H and O–H groups in total. The Morgan fingerprint density at radius 1 is 1.39 bits per heavy atom. The maximum absolute atomic E-state index is 11.7. The first kappa shape index (κ1) is 12.0. The molecule has 0 aliphatic carbocycles. The van der Waals surface area contributed by atoms with Crippen molar-refractivity contribution >= 4 is 17.2 Å². The molecule has 4 nitrogen and oxygen atoms in total. The molecule has 5 heteroatoms. The van der Waals surface area contributed by atoms with Gasteiger partial charge in [-0.2, -0.15) is 5.26 Å². The normalized spacial score (nSPS) is 9.50. The number of rotatable bonds is 3. The van der Waals surface area contributed by atoms with Crippen molar-refractivity contribution in [1.29, 1.82) is 5.26 Å². The average molecular weight is 255 g/mol. The molecule has 0 saturated carbocycles. The van der Waals surface area contributed by atoms with Crippen LogP contribution in [-0.2, 0) is 0 Å². The van der Waals surface area contributed by atoms with Crippen LogP contribution in [0.1, 0.15) is 10.5 Å². The smallest absolute Gasteiger partial charge is 0.275 e. The summed E-state index contributed by atoms with van der Waals surface area (Å²) in [6, 6.07) is 11.3. The number of benzene rings is 1. The van der Waals surface area contributed by atoms with Crippen LogP contribution in [0.4, 0.5) is 0 Å². The van der Waals surface area contributed by atoms with Gasteiger partial charge < -0.3 is 5.32 Å². The van der Waals surface area contributed by atoms with Crippen molar-refractivity contribution < 1.29 is 4.79 Å². The lowest BCUT2D eigenvalue weighted by Gasteiger charge is -1.97. The molecule has 0 fully saturated rings. The van der Waals surface area contributed by atoms with E-state index in [-0.39, 0.29) is 11.4 Å². The summed E-state index contributed by atoms with van der Waals surface area (Å²) in [5.41, 5.74) is 1.25. The fourth-order valence-electron chi connectivity index (χ4n) is 1.32. The molecule has 0 aliphatic rings. The number of aromatic nitrogens is 1. The van der Waals surface area contributed by atoms with Crippen LogP contribution in [0.25, 0.3) is 10.6 Å². The minimum absolute atomic E-state index is 0.00858. The van der Waals surface area contributed by atoms with E-state index in [1.54, 1.807) is 11.4 Å². The van der Waals surface area contributed by atoms with Crippen molar-refractivity contribution in [3.63, 3.8) is 0 Å². The highest BCUT2D eigenvalue weighted by molar-refractivity contribution is 7.13. The Labute approximate surface area is 108 Å². The molecule has 0 saturated heterocycles. The molecule has 2 rings (SSSR count). The average Bonchev–Trinajstić information content (AvgIpc) is 2.89. The van der Waals surface area contributed by atoms with Crippen LogP contribution >= 0.6 is 11.3 Å². The van der Waals surface area contributed by atoms with Gasteiger partial charge in [-0.25, -0.2) is 4.98 Å². The second-order valence-electron chi connectivity index (χ2n) is 3.45. The highest BCUT2D eigenvalue weighted by Gasteiger charge is 2.12. The molecule has 88 valence electrons. The van der Waals surface area contributed by atoms with Crippen LogP contribution in [0, 0.1) is 11.3 Å². The van der Waals surface area contributed by atoms with Crippen molar-refractivity contribution in [2.75, 3.05) is 0 Å². The molecule has 1 amide bonds. The van der Waals surface area contributed by atoms with Gasteiger partial charge in [-0.05, 0) is 0 Å². The zero-order chi connectivity index (χ0) is 13.0. The Morgan fingerprint density at radius 2 is 2.11 bits per heavy atom. The number of nitrogens with zero attached hydrogens (tertiary/aromatic N) is 2. The Hall–Kier alpha value is -2.45. The van der Waals surface area contributed by atoms with Gasteiger partial charge in [0.05, 0.1) is 0 Å². The largest absolute Gasteiger partial charge is 0.312 e. The lowest BCUT2D eigenvalue weighted by Crippen LogP contribution is -2.21. The van der Waals surface area contributed by atoms with Crippen molar-refractivity contribution in [3.05, 3.63) is 53.7 Å². The van der Waals surface area contributed by atoms with Crippen molar-refractivity contribution in [3.8, 4) is 16.6 Å². The minimum atomic E-state index is -0.417. The van der Waals surface area contributed by atoms with Gasteiger partial charge in [0, 0.05) is 10.9 Å². The number of hydrogen-bond acceptors (Lipinski definition) is 4. The third kappa shape index (κ3) is 2.62. The van der Waals surface area contributed by atoms with Gasteiger partial charge in [0.15, 0.2) is 0 Å². The molecule has 1 aromatic carbocycles. The summed E-state index contributed by atoms with van der Waals surface area (Å²) in [5.74, 6) is -0.417. The number of thiazole rings is 1. The van der Waals surface area contributed by atoms with E-state index >= 15 is 0 Å². The van der Waals surface area contributed by atoms with Gasteiger partial charge in [0.25, 0.3) is 5.91 Å². The van der Waals surface area contributed by atoms with E-state index < -0.39 is 5.91 Å². The van der Waals surface area contributed by atoms with Crippen LogP contribution in [-0.4, -0.2) is 10.9 Å². The number of carbonyl (C=O) groups excluding carboxylic acids is 1. The second kappa shape index (κ2) is 5.25. The van der Waals surface area contributed by atoms with E-state index in [2.05, 4.69) is 16.9 Å². The summed E-state index contributed by atoms with van der Waals surface area (Å²) >= 11 is 1.38. The predicted molar refractivity (Wildman–Crippen MR) is 69.8 cm³/mol. The zero-order valence-corrected chi connectivity index (χ0v) is 10.2. The minimum Gasteiger partial charge on any atom is -0.312 e. The number of allylic oxidation sites excluding steroid dienone is 1. The van der Waals surface area contributed by atoms with Gasteiger partial charge >= 0.3 is 0 Å². The van der Waals surface area contributed by atoms with Gasteiger partial charge in [-0.15, -0.1) is 11.3 Å². The molecular formula is C13H9N3OS. The van der Waals surface area contributed by atoms with Crippen LogP contribution in [0.3, 0.4) is 0 Å². The molecule has 0 bridgehead atoms. The highest BCUT2D eigenvalue weighted by Crippen LogP contribution is 2.23. The molecule has 18 heavy (non-hydrogen) atoms. The van der Waals surface area contributed by atoms with E-state index in [4.69, 9.17) is 5.26 Å². The van der Waals surface area contributed by atoms with Crippen LogP contribution < -0.4 is 5.32 Å². The van der Waals surface area contributed by atoms with E-state index in [0.717, 1.165) is 10.6 Å². The van der Waals surface area contributed by atoms with E-state index in [1.807, 2.05) is 30.3 Å². The van der Waals surface area contributed by atoms with Gasteiger partial charge in [0.1, 0.15) is 22.5 Å². The van der Waals surface area contributed by atoms with Crippen molar-refractivity contribution in [2.24, 2.45) is 0 Å². The molecule has 1 heterocycles. The fraction of sp³-hybridized carbons (Fsp3) is 0. The first-order valence-corrected chi connectivity index (χ1v) is 6.00. The summed E-state index contributed by atoms with van der Waals surface area (Å²) in [7, 11) is 0. The van der Waals surface area contributed by atoms with Gasteiger partial charge in [-0.3, -0.25) is 4.79 Å². The van der Waals surface area contributed by atoms with E-state index in [0.29, 0.717) is 0 Å². The zero-order valence-electron chi connectivity index (χ0n) is 9.38.